The molecule has 3 rings (SSSR count). The maximum Gasteiger partial charge on any atom is 0.214 e. The van der Waals surface area contributed by atoms with Crippen molar-refractivity contribution in [1.82, 2.24) is 4.98 Å². The zero-order valence-electron chi connectivity index (χ0n) is 16.9. The predicted octanol–water partition coefficient (Wildman–Crippen LogP) is 4.26. The molecule has 0 saturated heterocycles. The number of benzene rings is 2. The average Bonchev–Trinajstić information content (AvgIpc) is 2.72. The quantitative estimate of drug-likeness (QED) is 0.579. The number of pyridine rings is 1. The Balaban J connectivity index is 2.12. The van der Waals surface area contributed by atoms with Gasteiger partial charge in [-0.3, -0.25) is 0 Å². The Kier molecular flexibility index (Phi) is 6.09. The standard InChI is InChI=1S/C22H25NO5/c1-6-28-22-12-15-11-20(26-4)21(27-5)13-16(15)17(23-22)9-14-7-8-18(24-2)19(10-14)25-3/h7-8,10-13H,6,9H2,1-5H3. The first-order valence-electron chi connectivity index (χ1n) is 9.02. The molecule has 148 valence electrons. The summed E-state index contributed by atoms with van der Waals surface area (Å²) in [5.74, 6) is 3.29. The van der Waals surface area contributed by atoms with Gasteiger partial charge in [-0.1, -0.05) is 6.07 Å². The van der Waals surface area contributed by atoms with Crippen molar-refractivity contribution in [1.29, 1.82) is 0 Å². The van der Waals surface area contributed by atoms with Crippen molar-refractivity contribution in [2.75, 3.05) is 35.0 Å². The summed E-state index contributed by atoms with van der Waals surface area (Å²) in [6.07, 6.45) is 0.604. The number of aromatic nitrogens is 1. The molecule has 1 heterocycles. The Morgan fingerprint density at radius 2 is 1.39 bits per heavy atom. The van der Waals surface area contributed by atoms with Gasteiger partial charge in [0.15, 0.2) is 23.0 Å². The highest BCUT2D eigenvalue weighted by molar-refractivity contribution is 5.89. The summed E-state index contributed by atoms with van der Waals surface area (Å²) in [5, 5.41) is 1.96. The van der Waals surface area contributed by atoms with E-state index in [1.54, 1.807) is 28.4 Å². The summed E-state index contributed by atoms with van der Waals surface area (Å²) in [6, 6.07) is 11.7. The molecule has 0 aliphatic heterocycles. The molecule has 28 heavy (non-hydrogen) atoms. The Morgan fingerprint density at radius 3 is 2.04 bits per heavy atom. The number of ether oxygens (including phenoxy) is 5. The predicted molar refractivity (Wildman–Crippen MR) is 108 cm³/mol. The van der Waals surface area contributed by atoms with Crippen molar-refractivity contribution in [2.24, 2.45) is 0 Å². The molecule has 6 nitrogen and oxygen atoms in total. The van der Waals surface area contributed by atoms with Crippen LogP contribution >= 0.6 is 0 Å². The molecule has 0 amide bonds. The number of methoxy groups -OCH3 is 4. The normalized spacial score (nSPS) is 10.6. The SMILES string of the molecule is CCOc1cc2cc(OC)c(OC)cc2c(Cc2ccc(OC)c(OC)c2)n1. The molecule has 3 aromatic rings. The molecule has 0 saturated carbocycles. The summed E-state index contributed by atoms with van der Waals surface area (Å²) in [5.41, 5.74) is 1.93. The lowest BCUT2D eigenvalue weighted by molar-refractivity contribution is 0.326. The Labute approximate surface area is 165 Å². The van der Waals surface area contributed by atoms with Crippen LogP contribution in [0.4, 0.5) is 0 Å². The summed E-state index contributed by atoms with van der Waals surface area (Å²) >= 11 is 0. The van der Waals surface area contributed by atoms with E-state index in [9.17, 15) is 0 Å². The molecule has 0 radical (unpaired) electrons. The minimum atomic E-state index is 0.543. The van der Waals surface area contributed by atoms with Crippen LogP contribution in [0.2, 0.25) is 0 Å². The van der Waals surface area contributed by atoms with E-state index in [0.29, 0.717) is 41.9 Å². The second-order valence-electron chi connectivity index (χ2n) is 6.13. The van der Waals surface area contributed by atoms with Crippen molar-refractivity contribution in [3.8, 4) is 28.9 Å². The number of fused-ring (bicyclic) bond motifs is 1. The second-order valence-corrected chi connectivity index (χ2v) is 6.13. The van der Waals surface area contributed by atoms with Gasteiger partial charge in [0, 0.05) is 17.9 Å². The number of rotatable bonds is 8. The largest absolute Gasteiger partial charge is 0.493 e. The first-order valence-corrected chi connectivity index (χ1v) is 9.02. The maximum atomic E-state index is 5.68. The van der Waals surface area contributed by atoms with Crippen molar-refractivity contribution >= 4 is 10.8 Å². The van der Waals surface area contributed by atoms with E-state index < -0.39 is 0 Å². The van der Waals surface area contributed by atoms with E-state index in [-0.39, 0.29) is 0 Å². The van der Waals surface area contributed by atoms with Crippen LogP contribution in [-0.2, 0) is 6.42 Å². The molecular weight excluding hydrogens is 358 g/mol. The van der Waals surface area contributed by atoms with Gasteiger partial charge in [-0.05, 0) is 42.1 Å². The fourth-order valence-corrected chi connectivity index (χ4v) is 3.16. The van der Waals surface area contributed by atoms with Crippen LogP contribution in [0, 0.1) is 0 Å². The van der Waals surface area contributed by atoms with E-state index in [4.69, 9.17) is 28.7 Å². The highest BCUT2D eigenvalue weighted by Crippen LogP contribution is 2.36. The van der Waals surface area contributed by atoms with Crippen LogP contribution in [0.15, 0.2) is 36.4 Å². The van der Waals surface area contributed by atoms with Gasteiger partial charge < -0.3 is 23.7 Å². The lowest BCUT2D eigenvalue weighted by Gasteiger charge is -2.14. The fraction of sp³-hybridized carbons (Fsp3) is 0.318. The summed E-state index contributed by atoms with van der Waals surface area (Å²) in [7, 11) is 6.50. The van der Waals surface area contributed by atoms with E-state index in [1.165, 1.54) is 0 Å². The molecule has 0 bridgehead atoms. The van der Waals surface area contributed by atoms with Crippen LogP contribution in [0.1, 0.15) is 18.2 Å². The molecule has 0 spiro atoms. The Bertz CT molecular complexity index is 971. The van der Waals surface area contributed by atoms with Crippen LogP contribution in [0.3, 0.4) is 0 Å². The topological polar surface area (TPSA) is 59.0 Å². The molecule has 0 atom stereocenters. The molecule has 0 aliphatic carbocycles. The zero-order chi connectivity index (χ0) is 20.1. The first-order chi connectivity index (χ1) is 13.6. The van der Waals surface area contributed by atoms with Gasteiger partial charge in [0.05, 0.1) is 40.7 Å². The van der Waals surface area contributed by atoms with E-state index >= 15 is 0 Å². The molecule has 0 unspecified atom stereocenters. The molecule has 6 heteroatoms. The molecule has 1 aromatic heterocycles. The zero-order valence-corrected chi connectivity index (χ0v) is 16.9. The van der Waals surface area contributed by atoms with Gasteiger partial charge in [-0.15, -0.1) is 0 Å². The average molecular weight is 383 g/mol. The van der Waals surface area contributed by atoms with Crippen LogP contribution in [0.5, 0.6) is 28.9 Å². The van der Waals surface area contributed by atoms with E-state index in [0.717, 1.165) is 22.0 Å². The van der Waals surface area contributed by atoms with Crippen LogP contribution in [0.25, 0.3) is 10.8 Å². The summed E-state index contributed by atoms with van der Waals surface area (Å²) in [4.78, 5) is 4.72. The second kappa shape index (κ2) is 8.69. The van der Waals surface area contributed by atoms with Crippen molar-refractivity contribution in [3.05, 3.63) is 47.7 Å². The summed E-state index contributed by atoms with van der Waals surface area (Å²) < 4.78 is 27.3. The highest BCUT2D eigenvalue weighted by Gasteiger charge is 2.14. The molecular formula is C22H25NO5. The molecule has 2 aromatic carbocycles. The van der Waals surface area contributed by atoms with E-state index in [2.05, 4.69) is 0 Å². The van der Waals surface area contributed by atoms with Crippen molar-refractivity contribution < 1.29 is 23.7 Å². The third-order valence-corrected chi connectivity index (χ3v) is 4.50. The number of nitrogens with zero attached hydrogens (tertiary/aromatic N) is 1. The van der Waals surface area contributed by atoms with Crippen LogP contribution in [-0.4, -0.2) is 40.0 Å². The lowest BCUT2D eigenvalue weighted by atomic mass is 10.0. The maximum absolute atomic E-state index is 5.68. The third-order valence-electron chi connectivity index (χ3n) is 4.50. The Hall–Kier alpha value is -3.15. The lowest BCUT2D eigenvalue weighted by Crippen LogP contribution is -2.01. The molecule has 0 N–H and O–H groups in total. The smallest absolute Gasteiger partial charge is 0.214 e. The number of hydrogen-bond donors (Lipinski definition) is 0. The molecule has 0 aliphatic rings. The fourth-order valence-electron chi connectivity index (χ4n) is 3.16. The van der Waals surface area contributed by atoms with Gasteiger partial charge in [-0.2, -0.15) is 0 Å². The van der Waals surface area contributed by atoms with Gasteiger partial charge in [0.1, 0.15) is 0 Å². The minimum absolute atomic E-state index is 0.543. The van der Waals surface area contributed by atoms with Gasteiger partial charge in [0.25, 0.3) is 0 Å². The minimum Gasteiger partial charge on any atom is -0.493 e. The Morgan fingerprint density at radius 1 is 0.750 bits per heavy atom. The van der Waals surface area contributed by atoms with Crippen molar-refractivity contribution in [3.63, 3.8) is 0 Å². The molecule has 0 fully saturated rings. The first kappa shape index (κ1) is 19.6. The van der Waals surface area contributed by atoms with E-state index in [1.807, 2.05) is 43.3 Å². The number of hydrogen-bond acceptors (Lipinski definition) is 6. The van der Waals surface area contributed by atoms with Crippen molar-refractivity contribution in [2.45, 2.75) is 13.3 Å². The summed E-state index contributed by atoms with van der Waals surface area (Å²) in [6.45, 7) is 2.48. The third kappa shape index (κ3) is 3.91. The highest BCUT2D eigenvalue weighted by atomic mass is 16.5. The van der Waals surface area contributed by atoms with Crippen LogP contribution < -0.4 is 23.7 Å². The monoisotopic (exact) mass is 383 g/mol. The van der Waals surface area contributed by atoms with Gasteiger partial charge in [-0.25, -0.2) is 4.98 Å². The van der Waals surface area contributed by atoms with Gasteiger partial charge >= 0.3 is 0 Å². The van der Waals surface area contributed by atoms with Gasteiger partial charge in [0.2, 0.25) is 5.88 Å².